The third kappa shape index (κ3) is 3.55. The van der Waals surface area contributed by atoms with Gasteiger partial charge < -0.3 is 14.8 Å². The van der Waals surface area contributed by atoms with E-state index in [1.165, 1.54) is 11.7 Å². The molecular weight excluding hydrogens is 370 g/mol. The van der Waals surface area contributed by atoms with Gasteiger partial charge in [-0.05, 0) is 32.0 Å². The first-order chi connectivity index (χ1) is 14.0. The lowest BCUT2D eigenvalue weighted by atomic mass is 10.1. The predicted molar refractivity (Wildman–Crippen MR) is 110 cm³/mol. The Kier molecular flexibility index (Phi) is 4.96. The van der Waals surface area contributed by atoms with Crippen LogP contribution in [0.3, 0.4) is 0 Å². The Morgan fingerprint density at radius 1 is 1.31 bits per heavy atom. The number of carbonyl (C=O) groups excluding carboxylic acids is 1. The van der Waals surface area contributed by atoms with E-state index in [4.69, 9.17) is 9.47 Å². The summed E-state index contributed by atoms with van der Waals surface area (Å²) in [6.45, 7) is 4.74. The second-order valence-corrected chi connectivity index (χ2v) is 7.14. The monoisotopic (exact) mass is 393 g/mol. The molecule has 1 aromatic heterocycles. The van der Waals surface area contributed by atoms with Crippen molar-refractivity contribution < 1.29 is 14.3 Å². The number of rotatable bonds is 5. The average Bonchev–Trinajstić information content (AvgIpc) is 3.07. The molecule has 0 bridgehead atoms. The van der Waals surface area contributed by atoms with E-state index >= 15 is 0 Å². The number of carbonyl (C=O) groups is 1. The van der Waals surface area contributed by atoms with E-state index in [9.17, 15) is 9.59 Å². The number of amides is 1. The molecule has 7 nitrogen and oxygen atoms in total. The summed E-state index contributed by atoms with van der Waals surface area (Å²) in [7, 11) is 1.54. The van der Waals surface area contributed by atoms with Crippen LogP contribution in [0.5, 0.6) is 11.5 Å². The smallest absolute Gasteiger partial charge is 0.274 e. The zero-order valence-electron chi connectivity index (χ0n) is 16.7. The molecule has 4 rings (SSSR count). The molecule has 3 aromatic rings. The minimum atomic E-state index is -0.353. The number of ether oxygens (including phenoxy) is 2. The Balaban J connectivity index is 1.63. The molecule has 29 heavy (non-hydrogen) atoms. The van der Waals surface area contributed by atoms with Crippen molar-refractivity contribution in [3.63, 3.8) is 0 Å². The maximum Gasteiger partial charge on any atom is 0.274 e. The van der Waals surface area contributed by atoms with Crippen LogP contribution in [0.25, 0.3) is 10.8 Å². The number of benzene rings is 2. The van der Waals surface area contributed by atoms with Gasteiger partial charge in [0, 0.05) is 36.5 Å². The van der Waals surface area contributed by atoms with Gasteiger partial charge in [0.25, 0.3) is 11.5 Å². The third-order valence-corrected chi connectivity index (χ3v) is 4.99. The fraction of sp³-hybridized carbons (Fsp3) is 0.318. The van der Waals surface area contributed by atoms with Gasteiger partial charge >= 0.3 is 0 Å². The molecule has 7 heteroatoms. The number of hydrogen-bond acceptors (Lipinski definition) is 5. The van der Waals surface area contributed by atoms with Crippen LogP contribution < -0.4 is 20.3 Å². The quantitative estimate of drug-likeness (QED) is 0.721. The van der Waals surface area contributed by atoms with E-state index in [2.05, 4.69) is 10.4 Å². The van der Waals surface area contributed by atoms with E-state index in [1.807, 2.05) is 26.0 Å². The van der Waals surface area contributed by atoms with Crippen LogP contribution in [-0.2, 0) is 20.0 Å². The summed E-state index contributed by atoms with van der Waals surface area (Å²) in [4.78, 5) is 25.2. The average molecular weight is 393 g/mol. The Morgan fingerprint density at radius 2 is 2.07 bits per heavy atom. The van der Waals surface area contributed by atoms with Gasteiger partial charge in [0.05, 0.1) is 12.0 Å². The third-order valence-electron chi connectivity index (χ3n) is 4.99. The van der Waals surface area contributed by atoms with Gasteiger partial charge in [-0.2, -0.15) is 5.10 Å². The topological polar surface area (TPSA) is 82.5 Å². The summed E-state index contributed by atoms with van der Waals surface area (Å²) < 4.78 is 12.8. The fourth-order valence-corrected chi connectivity index (χ4v) is 3.64. The largest absolute Gasteiger partial charge is 0.494 e. The fourth-order valence-electron chi connectivity index (χ4n) is 3.64. The highest BCUT2D eigenvalue weighted by Crippen LogP contribution is 2.35. The Labute approximate surface area is 168 Å². The zero-order valence-corrected chi connectivity index (χ0v) is 16.7. The molecule has 2 heterocycles. The van der Waals surface area contributed by atoms with Crippen LogP contribution in [0.2, 0.25) is 0 Å². The van der Waals surface area contributed by atoms with Crippen LogP contribution in [0.15, 0.2) is 41.2 Å². The first-order valence-corrected chi connectivity index (χ1v) is 9.67. The van der Waals surface area contributed by atoms with Crippen LogP contribution >= 0.6 is 0 Å². The summed E-state index contributed by atoms with van der Waals surface area (Å²) in [6.07, 6.45) is 0.973. The number of nitrogens with one attached hydrogen (secondary N) is 1. The van der Waals surface area contributed by atoms with Gasteiger partial charge in [-0.15, -0.1) is 0 Å². The molecule has 1 unspecified atom stereocenters. The highest BCUT2D eigenvalue weighted by atomic mass is 16.5. The van der Waals surface area contributed by atoms with E-state index in [0.29, 0.717) is 17.4 Å². The lowest BCUT2D eigenvalue weighted by molar-refractivity contribution is 0.0945. The van der Waals surface area contributed by atoms with Crippen LogP contribution in [-0.4, -0.2) is 28.4 Å². The normalized spacial score (nSPS) is 15.1. The molecule has 1 N–H and O–H groups in total. The molecule has 0 spiro atoms. The molecule has 1 atom stereocenters. The number of aryl methyl sites for hydroxylation is 1. The zero-order chi connectivity index (χ0) is 20.5. The van der Waals surface area contributed by atoms with Crippen LogP contribution in [0.4, 0.5) is 0 Å². The highest BCUT2D eigenvalue weighted by Gasteiger charge is 2.22. The summed E-state index contributed by atoms with van der Waals surface area (Å²) in [6, 6.07) is 10.9. The van der Waals surface area contributed by atoms with Crippen LogP contribution in [0.1, 0.15) is 35.5 Å². The van der Waals surface area contributed by atoms with Gasteiger partial charge in [-0.1, -0.05) is 18.2 Å². The minimum Gasteiger partial charge on any atom is -0.494 e. The maximum atomic E-state index is 12.9. The Bertz CT molecular complexity index is 1150. The first kappa shape index (κ1) is 19.0. The van der Waals surface area contributed by atoms with E-state index in [1.54, 1.807) is 24.3 Å². The van der Waals surface area contributed by atoms with Crippen molar-refractivity contribution in [2.24, 2.45) is 7.05 Å². The summed E-state index contributed by atoms with van der Waals surface area (Å²) in [5, 5.41) is 8.07. The Morgan fingerprint density at radius 3 is 2.83 bits per heavy atom. The highest BCUT2D eigenvalue weighted by molar-refractivity contribution is 6.04. The van der Waals surface area contributed by atoms with Gasteiger partial charge in [0.15, 0.2) is 5.69 Å². The SMILES string of the molecule is CCOc1cc2c(cc1CNC(=O)c1nn(C)c(=O)c3ccccc13)OC(C)C2. The molecule has 0 radical (unpaired) electrons. The second-order valence-electron chi connectivity index (χ2n) is 7.14. The van der Waals surface area contributed by atoms with Gasteiger partial charge in [-0.25, -0.2) is 4.68 Å². The molecule has 0 aliphatic carbocycles. The molecular formula is C22H23N3O4. The number of nitrogens with zero attached hydrogens (tertiary/aromatic N) is 2. The molecule has 1 amide bonds. The summed E-state index contributed by atoms with van der Waals surface area (Å²) in [5.74, 6) is 1.22. The number of aromatic nitrogens is 2. The second kappa shape index (κ2) is 7.58. The van der Waals surface area contributed by atoms with Crippen LogP contribution in [0, 0.1) is 0 Å². The molecule has 0 saturated heterocycles. The molecule has 0 fully saturated rings. The predicted octanol–water partition coefficient (Wildman–Crippen LogP) is 2.59. The maximum absolute atomic E-state index is 12.9. The van der Waals surface area contributed by atoms with Gasteiger partial charge in [0.2, 0.25) is 0 Å². The van der Waals surface area contributed by atoms with Crippen molar-refractivity contribution in [2.45, 2.75) is 32.9 Å². The first-order valence-electron chi connectivity index (χ1n) is 9.67. The van der Waals surface area contributed by atoms with Crippen molar-refractivity contribution in [1.82, 2.24) is 15.1 Å². The van der Waals surface area contributed by atoms with Gasteiger partial charge in [-0.3, -0.25) is 9.59 Å². The summed E-state index contributed by atoms with van der Waals surface area (Å²) >= 11 is 0. The van der Waals surface area contributed by atoms with E-state index in [-0.39, 0.29) is 29.8 Å². The lowest BCUT2D eigenvalue weighted by Gasteiger charge is -2.14. The molecule has 0 saturated carbocycles. The summed E-state index contributed by atoms with van der Waals surface area (Å²) in [5.41, 5.74) is 1.93. The van der Waals surface area contributed by atoms with Crippen molar-refractivity contribution in [2.75, 3.05) is 6.61 Å². The van der Waals surface area contributed by atoms with Crippen molar-refractivity contribution in [3.05, 3.63) is 63.6 Å². The van der Waals surface area contributed by atoms with E-state index in [0.717, 1.165) is 29.0 Å². The molecule has 1 aliphatic heterocycles. The molecule has 1 aliphatic rings. The van der Waals surface area contributed by atoms with Crippen molar-refractivity contribution in [1.29, 1.82) is 0 Å². The molecule has 2 aromatic carbocycles. The van der Waals surface area contributed by atoms with Gasteiger partial charge in [0.1, 0.15) is 17.6 Å². The van der Waals surface area contributed by atoms with E-state index < -0.39 is 0 Å². The number of hydrogen-bond donors (Lipinski definition) is 1. The number of fused-ring (bicyclic) bond motifs is 2. The standard InChI is InChI=1S/C22H23N3O4/c1-4-28-18-10-14-9-13(2)29-19(14)11-15(18)12-23-21(26)20-16-7-5-6-8-17(16)22(27)25(3)24-20/h5-8,10-11,13H,4,9,12H2,1-3H3,(H,23,26). The minimum absolute atomic E-state index is 0.130. The lowest BCUT2D eigenvalue weighted by Crippen LogP contribution is -2.29. The van der Waals surface area contributed by atoms with Crippen molar-refractivity contribution >= 4 is 16.7 Å². The Hall–Kier alpha value is -3.35. The molecule has 150 valence electrons. The van der Waals surface area contributed by atoms with Crippen molar-refractivity contribution in [3.8, 4) is 11.5 Å².